The van der Waals surface area contributed by atoms with Gasteiger partial charge in [0.15, 0.2) is 0 Å². The molecule has 1 rings (SSSR count). The van der Waals surface area contributed by atoms with Gasteiger partial charge >= 0.3 is 12.0 Å². The Labute approximate surface area is 102 Å². The molecule has 0 aliphatic heterocycles. The van der Waals surface area contributed by atoms with Crippen molar-refractivity contribution in [3.8, 4) is 0 Å². The van der Waals surface area contributed by atoms with Gasteiger partial charge in [-0.1, -0.05) is 12.8 Å². The molecule has 1 aliphatic rings. The van der Waals surface area contributed by atoms with Gasteiger partial charge in [-0.3, -0.25) is 4.79 Å². The van der Waals surface area contributed by atoms with E-state index in [9.17, 15) is 9.59 Å². The van der Waals surface area contributed by atoms with Crippen molar-refractivity contribution in [2.45, 2.75) is 64.0 Å². The lowest BCUT2D eigenvalue weighted by Gasteiger charge is -2.30. The molecule has 0 heterocycles. The van der Waals surface area contributed by atoms with E-state index < -0.39 is 11.5 Å². The van der Waals surface area contributed by atoms with Crippen LogP contribution in [0, 0.1) is 0 Å². The summed E-state index contributed by atoms with van der Waals surface area (Å²) in [5, 5.41) is 14.4. The summed E-state index contributed by atoms with van der Waals surface area (Å²) in [5.41, 5.74) is -0.867. The minimum absolute atomic E-state index is 0.0862. The molecule has 0 aromatic carbocycles. The minimum Gasteiger partial charge on any atom is -0.481 e. The van der Waals surface area contributed by atoms with E-state index in [2.05, 4.69) is 10.6 Å². The molecule has 0 unspecified atom stereocenters. The van der Waals surface area contributed by atoms with Gasteiger partial charge in [0.1, 0.15) is 0 Å². The van der Waals surface area contributed by atoms with Crippen molar-refractivity contribution in [2.75, 3.05) is 0 Å². The van der Waals surface area contributed by atoms with Crippen LogP contribution in [0.3, 0.4) is 0 Å². The molecule has 0 atom stereocenters. The lowest BCUT2D eigenvalue weighted by molar-refractivity contribution is -0.138. The van der Waals surface area contributed by atoms with Gasteiger partial charge in [-0.05, 0) is 33.6 Å². The van der Waals surface area contributed by atoms with Gasteiger partial charge in [0.25, 0.3) is 0 Å². The van der Waals surface area contributed by atoms with Gasteiger partial charge in [-0.2, -0.15) is 0 Å². The first-order valence-corrected chi connectivity index (χ1v) is 6.05. The third kappa shape index (κ3) is 4.63. The molecule has 0 spiro atoms. The summed E-state index contributed by atoms with van der Waals surface area (Å²) in [6.07, 6.45) is 4.15. The third-order valence-corrected chi connectivity index (χ3v) is 3.17. The second kappa shape index (κ2) is 4.94. The van der Waals surface area contributed by atoms with Crippen LogP contribution in [0.5, 0.6) is 0 Å². The highest BCUT2D eigenvalue weighted by Gasteiger charge is 2.32. The number of rotatable bonds is 4. The number of carboxylic acid groups (broad SMARTS) is 1. The minimum atomic E-state index is -0.914. The van der Waals surface area contributed by atoms with E-state index >= 15 is 0 Å². The number of hydrogen-bond acceptors (Lipinski definition) is 2. The van der Waals surface area contributed by atoms with Gasteiger partial charge in [-0.15, -0.1) is 0 Å². The fraction of sp³-hybridized carbons (Fsp3) is 0.833. The van der Waals surface area contributed by atoms with Gasteiger partial charge in [0.2, 0.25) is 0 Å². The number of nitrogens with one attached hydrogen (secondary N) is 2. The molecule has 0 aromatic rings. The first-order valence-electron chi connectivity index (χ1n) is 6.05. The Bertz CT molecular complexity index is 307. The van der Waals surface area contributed by atoms with E-state index in [4.69, 9.17) is 5.11 Å². The van der Waals surface area contributed by atoms with E-state index in [1.54, 1.807) is 13.8 Å². The SMILES string of the molecule is CC(C)(CC(=O)O)NC(=O)NC1(C)CCCC1. The monoisotopic (exact) mass is 242 g/mol. The van der Waals surface area contributed by atoms with Crippen molar-refractivity contribution in [2.24, 2.45) is 0 Å². The number of hydrogen-bond donors (Lipinski definition) is 3. The summed E-state index contributed by atoms with van der Waals surface area (Å²) < 4.78 is 0. The quantitative estimate of drug-likeness (QED) is 0.704. The highest BCUT2D eigenvalue weighted by molar-refractivity contribution is 5.77. The van der Waals surface area contributed by atoms with Crippen molar-refractivity contribution in [3.63, 3.8) is 0 Å². The molecule has 17 heavy (non-hydrogen) atoms. The second-order valence-corrected chi connectivity index (χ2v) is 5.80. The molecular weight excluding hydrogens is 220 g/mol. The van der Waals surface area contributed by atoms with Crippen LogP contribution in [0.25, 0.3) is 0 Å². The van der Waals surface area contributed by atoms with Crippen LogP contribution in [-0.4, -0.2) is 28.2 Å². The van der Waals surface area contributed by atoms with E-state index in [1.165, 1.54) is 0 Å². The smallest absolute Gasteiger partial charge is 0.315 e. The van der Waals surface area contributed by atoms with Crippen molar-refractivity contribution < 1.29 is 14.7 Å². The molecule has 98 valence electrons. The first-order chi connectivity index (χ1) is 7.72. The summed E-state index contributed by atoms with van der Waals surface area (Å²) in [5.74, 6) is -0.914. The van der Waals surface area contributed by atoms with Crippen LogP contribution in [-0.2, 0) is 4.79 Å². The van der Waals surface area contributed by atoms with Gasteiger partial charge < -0.3 is 15.7 Å². The Morgan fingerprint density at radius 3 is 2.29 bits per heavy atom. The molecule has 1 fully saturated rings. The Balaban J connectivity index is 2.46. The lowest BCUT2D eigenvalue weighted by atomic mass is 10.00. The topological polar surface area (TPSA) is 78.4 Å². The van der Waals surface area contributed by atoms with Crippen LogP contribution in [0.15, 0.2) is 0 Å². The average Bonchev–Trinajstić information content (AvgIpc) is 2.46. The highest BCUT2D eigenvalue weighted by atomic mass is 16.4. The third-order valence-electron chi connectivity index (χ3n) is 3.17. The Hall–Kier alpha value is -1.26. The highest BCUT2D eigenvalue weighted by Crippen LogP contribution is 2.28. The first kappa shape index (κ1) is 13.8. The Kier molecular flexibility index (Phi) is 4.01. The van der Waals surface area contributed by atoms with Gasteiger partial charge in [0.05, 0.1) is 6.42 Å². The number of aliphatic carboxylic acids is 1. The molecule has 1 saturated carbocycles. The van der Waals surface area contributed by atoms with Crippen molar-refractivity contribution in [1.82, 2.24) is 10.6 Å². The normalized spacial score (nSPS) is 18.8. The van der Waals surface area contributed by atoms with Crippen LogP contribution >= 0.6 is 0 Å². The zero-order chi connectivity index (χ0) is 13.1. The van der Waals surface area contributed by atoms with E-state index in [-0.39, 0.29) is 18.0 Å². The summed E-state index contributed by atoms with van der Waals surface area (Å²) in [4.78, 5) is 22.4. The molecule has 3 N–H and O–H groups in total. The number of carboxylic acids is 1. The van der Waals surface area contributed by atoms with Crippen LogP contribution in [0.4, 0.5) is 4.79 Å². The van der Waals surface area contributed by atoms with Gasteiger partial charge in [0, 0.05) is 11.1 Å². The average molecular weight is 242 g/mol. The predicted octanol–water partition coefficient (Wildman–Crippen LogP) is 1.87. The van der Waals surface area contributed by atoms with Gasteiger partial charge in [-0.25, -0.2) is 4.79 Å². The number of carbonyl (C=O) groups excluding carboxylic acids is 1. The molecule has 0 radical (unpaired) electrons. The lowest BCUT2D eigenvalue weighted by Crippen LogP contribution is -2.54. The summed E-state index contributed by atoms with van der Waals surface area (Å²) in [7, 11) is 0. The summed E-state index contributed by atoms with van der Waals surface area (Å²) in [6.45, 7) is 5.44. The van der Waals surface area contributed by atoms with Crippen LogP contribution in [0.1, 0.15) is 52.9 Å². The standard InChI is InChI=1S/C12H22N2O3/c1-11(2,8-9(15)16)13-10(17)14-12(3)6-4-5-7-12/h4-8H2,1-3H3,(H,15,16)(H2,13,14,17). The fourth-order valence-corrected chi connectivity index (χ4v) is 2.32. The Morgan fingerprint density at radius 1 is 1.29 bits per heavy atom. The maximum atomic E-state index is 11.8. The van der Waals surface area contributed by atoms with E-state index in [0.717, 1.165) is 25.7 Å². The number of amides is 2. The Morgan fingerprint density at radius 2 is 1.82 bits per heavy atom. The maximum Gasteiger partial charge on any atom is 0.315 e. The molecule has 5 nitrogen and oxygen atoms in total. The molecule has 5 heteroatoms. The van der Waals surface area contributed by atoms with Crippen LogP contribution < -0.4 is 10.6 Å². The van der Waals surface area contributed by atoms with Crippen molar-refractivity contribution in [1.29, 1.82) is 0 Å². The second-order valence-electron chi connectivity index (χ2n) is 5.80. The molecule has 0 aromatic heterocycles. The summed E-state index contributed by atoms with van der Waals surface area (Å²) in [6, 6.07) is -0.277. The van der Waals surface area contributed by atoms with E-state index in [0.29, 0.717) is 0 Å². The molecule has 1 aliphatic carbocycles. The number of urea groups is 1. The molecule has 0 saturated heterocycles. The van der Waals surface area contributed by atoms with Crippen LogP contribution in [0.2, 0.25) is 0 Å². The molecular formula is C12H22N2O3. The molecule has 2 amide bonds. The zero-order valence-corrected chi connectivity index (χ0v) is 10.8. The maximum absolute atomic E-state index is 11.8. The predicted molar refractivity (Wildman–Crippen MR) is 64.9 cm³/mol. The largest absolute Gasteiger partial charge is 0.481 e. The molecule has 0 bridgehead atoms. The van der Waals surface area contributed by atoms with Crippen molar-refractivity contribution in [3.05, 3.63) is 0 Å². The fourth-order valence-electron chi connectivity index (χ4n) is 2.32. The summed E-state index contributed by atoms with van der Waals surface area (Å²) >= 11 is 0. The zero-order valence-electron chi connectivity index (χ0n) is 10.8. The van der Waals surface area contributed by atoms with E-state index in [1.807, 2.05) is 6.92 Å². The number of carbonyl (C=O) groups is 2. The van der Waals surface area contributed by atoms with Crippen molar-refractivity contribution >= 4 is 12.0 Å².